The topological polar surface area (TPSA) is 126 Å². The fourth-order valence-electron chi connectivity index (χ4n) is 5.30. The summed E-state index contributed by atoms with van der Waals surface area (Å²) in [5.41, 5.74) is 2.36. The molecule has 12 heteroatoms. The summed E-state index contributed by atoms with van der Waals surface area (Å²) in [7, 11) is 0. The molecule has 0 bridgehead atoms. The predicted molar refractivity (Wildman–Crippen MR) is 139 cm³/mol. The normalized spacial score (nSPS) is 18.3. The van der Waals surface area contributed by atoms with Crippen LogP contribution >= 0.6 is 0 Å². The van der Waals surface area contributed by atoms with E-state index in [-0.39, 0.29) is 22.2 Å². The van der Waals surface area contributed by atoms with E-state index >= 15 is 0 Å². The number of ether oxygens (including phenoxy) is 1. The number of amides is 1. The maximum absolute atomic E-state index is 13.2. The maximum atomic E-state index is 13.2. The molecule has 3 heterocycles. The molecule has 0 N–H and O–H groups in total. The Morgan fingerprint density at radius 1 is 0.703 bits per heavy atom. The number of carbonyl (C=O) groups excluding carboxylic acids is 1. The molecule has 0 unspecified atom stereocenters. The zero-order valence-corrected chi connectivity index (χ0v) is 20.6. The van der Waals surface area contributed by atoms with E-state index in [9.17, 15) is 25.0 Å². The van der Waals surface area contributed by atoms with E-state index in [1.165, 1.54) is 6.07 Å². The Kier molecular flexibility index (Phi) is 7.08. The van der Waals surface area contributed by atoms with E-state index in [0.717, 1.165) is 31.6 Å². The van der Waals surface area contributed by atoms with E-state index < -0.39 is 4.92 Å². The third kappa shape index (κ3) is 5.15. The van der Waals surface area contributed by atoms with Gasteiger partial charge in [-0.2, -0.15) is 0 Å². The van der Waals surface area contributed by atoms with Gasteiger partial charge in [0.1, 0.15) is 11.4 Å². The molecule has 2 aromatic rings. The van der Waals surface area contributed by atoms with E-state index in [1.54, 1.807) is 29.2 Å². The second-order valence-electron chi connectivity index (χ2n) is 9.46. The molecule has 37 heavy (non-hydrogen) atoms. The number of hydrogen-bond acceptors (Lipinski definition) is 9. The van der Waals surface area contributed by atoms with Crippen molar-refractivity contribution in [2.45, 2.75) is 12.8 Å². The Labute approximate surface area is 214 Å². The maximum Gasteiger partial charge on any atom is 0.293 e. The van der Waals surface area contributed by atoms with Crippen molar-refractivity contribution in [3.05, 3.63) is 62.2 Å². The largest absolute Gasteiger partial charge is 0.378 e. The summed E-state index contributed by atoms with van der Waals surface area (Å²) in [6, 6.07) is 9.91. The second kappa shape index (κ2) is 10.6. The summed E-state index contributed by atoms with van der Waals surface area (Å²) >= 11 is 0. The van der Waals surface area contributed by atoms with Crippen LogP contribution < -0.4 is 14.7 Å². The summed E-state index contributed by atoms with van der Waals surface area (Å²) in [5.74, 6) is -0.228. The Morgan fingerprint density at radius 2 is 1.35 bits per heavy atom. The lowest BCUT2D eigenvalue weighted by molar-refractivity contribution is -0.384. The number of nitro groups is 2. The number of morpholine rings is 1. The second-order valence-corrected chi connectivity index (χ2v) is 9.46. The molecule has 0 radical (unpaired) electrons. The van der Waals surface area contributed by atoms with Gasteiger partial charge in [0.25, 0.3) is 17.3 Å². The summed E-state index contributed by atoms with van der Waals surface area (Å²) in [6.07, 6.45) is 2.01. The minimum atomic E-state index is -0.414. The van der Waals surface area contributed by atoms with Gasteiger partial charge in [-0.3, -0.25) is 25.0 Å². The van der Waals surface area contributed by atoms with Crippen molar-refractivity contribution < 1.29 is 19.4 Å². The molecule has 0 spiro atoms. The number of hydrogen-bond donors (Lipinski definition) is 0. The van der Waals surface area contributed by atoms with Crippen LogP contribution in [0.2, 0.25) is 0 Å². The minimum absolute atomic E-state index is 0.0343. The third-order valence-corrected chi connectivity index (χ3v) is 7.31. The average molecular weight is 511 g/mol. The van der Waals surface area contributed by atoms with Crippen LogP contribution in [0.3, 0.4) is 0 Å². The number of nitro benzene ring substituents is 2. The molecule has 3 aliphatic rings. The molecule has 1 amide bonds. The first-order chi connectivity index (χ1) is 17.9. The van der Waals surface area contributed by atoms with Gasteiger partial charge in [0, 0.05) is 75.7 Å². The summed E-state index contributed by atoms with van der Waals surface area (Å²) in [6.45, 7) is 5.82. The van der Waals surface area contributed by atoms with Gasteiger partial charge in [0.05, 0.1) is 23.1 Å². The van der Waals surface area contributed by atoms with Crippen molar-refractivity contribution in [2.75, 3.05) is 80.3 Å². The van der Waals surface area contributed by atoms with Crippen LogP contribution in [-0.4, -0.2) is 86.2 Å². The highest BCUT2D eigenvalue weighted by Crippen LogP contribution is 2.34. The van der Waals surface area contributed by atoms with E-state index in [4.69, 9.17) is 4.74 Å². The van der Waals surface area contributed by atoms with Crippen LogP contribution in [0.5, 0.6) is 0 Å². The van der Waals surface area contributed by atoms with E-state index in [2.05, 4.69) is 4.90 Å². The number of nitrogens with zero attached hydrogens (tertiary/aromatic N) is 6. The molecule has 196 valence electrons. The third-order valence-electron chi connectivity index (χ3n) is 7.31. The highest BCUT2D eigenvalue weighted by atomic mass is 16.6. The molecule has 3 aliphatic heterocycles. The van der Waals surface area contributed by atoms with Crippen LogP contribution in [0.4, 0.5) is 28.4 Å². The molecule has 12 nitrogen and oxygen atoms in total. The first-order valence-corrected chi connectivity index (χ1v) is 12.6. The fourth-order valence-corrected chi connectivity index (χ4v) is 5.30. The van der Waals surface area contributed by atoms with Gasteiger partial charge in [-0.1, -0.05) is 0 Å². The lowest BCUT2D eigenvalue weighted by Crippen LogP contribution is -2.48. The molecule has 0 atom stereocenters. The summed E-state index contributed by atoms with van der Waals surface area (Å²) < 4.78 is 5.39. The molecule has 3 fully saturated rings. The van der Waals surface area contributed by atoms with E-state index in [0.29, 0.717) is 69.4 Å². The summed E-state index contributed by atoms with van der Waals surface area (Å²) in [4.78, 5) is 43.6. The smallest absolute Gasteiger partial charge is 0.293 e. The van der Waals surface area contributed by atoms with Gasteiger partial charge in [-0.15, -0.1) is 0 Å². The Bertz CT molecular complexity index is 1190. The van der Waals surface area contributed by atoms with Crippen molar-refractivity contribution >= 4 is 34.3 Å². The SMILES string of the molecule is O=C(c1ccc(N2CCCC2)c([N+](=O)[O-])c1)N1CCN(c2ccc([N+](=O)[O-])c(N3CCOCC3)c2)CC1. The van der Waals surface area contributed by atoms with Gasteiger partial charge >= 0.3 is 0 Å². The Balaban J connectivity index is 1.28. The molecule has 5 rings (SSSR count). The highest BCUT2D eigenvalue weighted by Gasteiger charge is 2.28. The summed E-state index contributed by atoms with van der Waals surface area (Å²) in [5, 5.41) is 23.3. The lowest BCUT2D eigenvalue weighted by atomic mass is 10.1. The highest BCUT2D eigenvalue weighted by molar-refractivity contribution is 5.96. The quantitative estimate of drug-likeness (QED) is 0.426. The van der Waals surface area contributed by atoms with Gasteiger partial charge < -0.3 is 24.3 Å². The number of benzene rings is 2. The van der Waals surface area contributed by atoms with Gasteiger partial charge in [-0.25, -0.2) is 0 Å². The molecule has 0 aromatic heterocycles. The van der Waals surface area contributed by atoms with Crippen molar-refractivity contribution in [1.29, 1.82) is 0 Å². The Hall–Kier alpha value is -3.93. The fraction of sp³-hybridized carbons (Fsp3) is 0.480. The first kappa shape index (κ1) is 24.8. The van der Waals surface area contributed by atoms with Gasteiger partial charge in [0.2, 0.25) is 0 Å². The first-order valence-electron chi connectivity index (χ1n) is 12.6. The van der Waals surface area contributed by atoms with Crippen LogP contribution in [0.25, 0.3) is 0 Å². The predicted octanol–water partition coefficient (Wildman–Crippen LogP) is 2.90. The molecule has 3 saturated heterocycles. The minimum Gasteiger partial charge on any atom is -0.378 e. The van der Waals surface area contributed by atoms with Crippen molar-refractivity contribution in [3.8, 4) is 0 Å². The average Bonchev–Trinajstić information content (AvgIpc) is 3.47. The monoisotopic (exact) mass is 510 g/mol. The zero-order chi connectivity index (χ0) is 25.9. The van der Waals surface area contributed by atoms with Crippen LogP contribution in [0, 0.1) is 20.2 Å². The van der Waals surface area contributed by atoms with E-state index in [1.807, 2.05) is 15.9 Å². The van der Waals surface area contributed by atoms with Crippen molar-refractivity contribution in [1.82, 2.24) is 4.90 Å². The molecule has 2 aromatic carbocycles. The Morgan fingerprint density at radius 3 is 2.00 bits per heavy atom. The van der Waals surface area contributed by atoms with Crippen LogP contribution in [0.1, 0.15) is 23.2 Å². The molecular weight excluding hydrogens is 480 g/mol. The number of piperazine rings is 1. The van der Waals surface area contributed by atoms with Crippen molar-refractivity contribution in [3.63, 3.8) is 0 Å². The zero-order valence-electron chi connectivity index (χ0n) is 20.6. The number of anilines is 3. The molecular formula is C25H30N6O6. The lowest BCUT2D eigenvalue weighted by Gasteiger charge is -2.37. The van der Waals surface area contributed by atoms with Gasteiger partial charge in [-0.05, 0) is 37.1 Å². The standard InChI is InChI=1S/C25H30N6O6/c32-25(19-3-5-21(24(17-19)31(35)36)27-7-1-2-8-27)29-11-9-26(10-12-29)20-4-6-22(30(33)34)23(18-20)28-13-15-37-16-14-28/h3-6,17-18H,1-2,7-16H2. The number of rotatable bonds is 6. The van der Waals surface area contributed by atoms with Crippen LogP contribution in [-0.2, 0) is 4.74 Å². The molecule has 0 saturated carbocycles. The molecule has 0 aliphatic carbocycles. The number of carbonyl (C=O) groups is 1. The van der Waals surface area contributed by atoms with Gasteiger partial charge in [0.15, 0.2) is 0 Å². The van der Waals surface area contributed by atoms with Crippen molar-refractivity contribution in [2.24, 2.45) is 0 Å². The van der Waals surface area contributed by atoms with Crippen LogP contribution in [0.15, 0.2) is 36.4 Å².